The fraction of sp³-hybridized carbons (Fsp3) is 0.529. The number of aromatic nitrogens is 3. The predicted molar refractivity (Wildman–Crippen MR) is 90.5 cm³/mol. The number of halogens is 1. The Morgan fingerprint density at radius 3 is 2.77 bits per heavy atom. The minimum atomic E-state index is -0.720. The smallest absolute Gasteiger partial charge is 0.414 e. The largest absolute Gasteiger partial charge is 0.465 e. The second-order valence-corrected chi connectivity index (χ2v) is 6.99. The number of nitrogens with zero attached hydrogens (tertiary/aromatic N) is 4. The van der Waals surface area contributed by atoms with Crippen LogP contribution in [-0.4, -0.2) is 45.4 Å². The maximum absolute atomic E-state index is 13.7. The highest BCUT2D eigenvalue weighted by Crippen LogP contribution is 2.36. The van der Waals surface area contributed by atoms with Crippen molar-refractivity contribution in [2.24, 2.45) is 0 Å². The number of hydrogen-bond donors (Lipinski definition) is 0. The lowest BCUT2D eigenvalue weighted by Crippen LogP contribution is -2.42. The summed E-state index contributed by atoms with van der Waals surface area (Å²) < 4.78 is 25.5. The lowest BCUT2D eigenvalue weighted by molar-refractivity contribution is -0.145. The molecule has 8 nitrogen and oxygen atoms in total. The summed E-state index contributed by atoms with van der Waals surface area (Å²) in [6.07, 6.45) is 1.18. The topological polar surface area (TPSA) is 86.0 Å². The average molecular weight is 364 g/mol. The van der Waals surface area contributed by atoms with Crippen LogP contribution in [0.3, 0.4) is 0 Å². The third-order valence-electron chi connectivity index (χ3n) is 3.92. The molecule has 3 heterocycles. The van der Waals surface area contributed by atoms with E-state index >= 15 is 0 Å². The van der Waals surface area contributed by atoms with Gasteiger partial charge in [0.1, 0.15) is 11.5 Å². The maximum Gasteiger partial charge on any atom is 0.414 e. The Balaban J connectivity index is 2.10. The van der Waals surface area contributed by atoms with Crippen molar-refractivity contribution < 1.29 is 23.5 Å². The molecule has 1 atom stereocenters. The van der Waals surface area contributed by atoms with E-state index in [1.807, 2.05) is 0 Å². The van der Waals surface area contributed by atoms with Crippen LogP contribution in [0.15, 0.2) is 12.3 Å². The summed E-state index contributed by atoms with van der Waals surface area (Å²) in [5, 5.41) is 3.79. The number of ether oxygens (including phenoxy) is 2. The zero-order chi connectivity index (χ0) is 19.1. The number of hydrogen-bond acceptors (Lipinski definition) is 6. The highest BCUT2D eigenvalue weighted by atomic mass is 19.1. The molecule has 2 aromatic rings. The molecule has 0 saturated carbocycles. The highest BCUT2D eigenvalue weighted by Gasteiger charge is 2.38. The van der Waals surface area contributed by atoms with E-state index in [1.165, 1.54) is 15.6 Å². The summed E-state index contributed by atoms with van der Waals surface area (Å²) in [6.45, 7) is 7.49. The monoisotopic (exact) mass is 364 g/mol. The van der Waals surface area contributed by atoms with Crippen molar-refractivity contribution in [1.29, 1.82) is 0 Å². The van der Waals surface area contributed by atoms with Crippen molar-refractivity contribution in [2.75, 3.05) is 18.1 Å². The van der Waals surface area contributed by atoms with Crippen LogP contribution in [0.25, 0.3) is 5.65 Å². The van der Waals surface area contributed by atoms with Gasteiger partial charge < -0.3 is 9.47 Å². The van der Waals surface area contributed by atoms with Crippen molar-refractivity contribution in [3.05, 3.63) is 23.9 Å². The van der Waals surface area contributed by atoms with Crippen LogP contribution >= 0.6 is 0 Å². The van der Waals surface area contributed by atoms with Crippen molar-refractivity contribution in [3.8, 4) is 0 Å². The molecular weight excluding hydrogens is 343 g/mol. The van der Waals surface area contributed by atoms with E-state index in [2.05, 4.69) is 10.1 Å². The van der Waals surface area contributed by atoms with Gasteiger partial charge in [-0.05, 0) is 34.1 Å². The van der Waals surface area contributed by atoms with Gasteiger partial charge in [0, 0.05) is 12.6 Å². The predicted octanol–water partition coefficient (Wildman–Crippen LogP) is 2.66. The molecule has 0 bridgehead atoms. The first-order valence-electron chi connectivity index (χ1n) is 8.42. The Kier molecular flexibility index (Phi) is 4.55. The van der Waals surface area contributed by atoms with Crippen molar-refractivity contribution in [2.45, 2.75) is 45.6 Å². The standard InChI is InChI=1S/C17H21FN4O4/c1-5-25-15(23)10-6-7-21(16(24)26-17(2,3)4)11-9-19-13-8-12(18)20-22(13)14(10)11/h8-10H,5-7H2,1-4H3. The quantitative estimate of drug-likeness (QED) is 0.762. The van der Waals surface area contributed by atoms with Crippen molar-refractivity contribution in [3.63, 3.8) is 0 Å². The van der Waals surface area contributed by atoms with E-state index in [4.69, 9.17) is 9.47 Å². The molecular formula is C17H21FN4O4. The van der Waals surface area contributed by atoms with Crippen LogP contribution in [0.2, 0.25) is 0 Å². The SMILES string of the molecule is CCOC(=O)C1CCN(C(=O)OC(C)(C)C)c2cnc3cc(F)nn3c21. The minimum Gasteiger partial charge on any atom is -0.465 e. The molecule has 140 valence electrons. The zero-order valence-electron chi connectivity index (χ0n) is 15.2. The second kappa shape index (κ2) is 6.54. The van der Waals surface area contributed by atoms with E-state index in [0.29, 0.717) is 17.8 Å². The Morgan fingerprint density at radius 1 is 1.38 bits per heavy atom. The Bertz CT molecular complexity index is 858. The van der Waals surface area contributed by atoms with Crippen LogP contribution in [0.4, 0.5) is 14.9 Å². The Hall–Kier alpha value is -2.71. The van der Waals surface area contributed by atoms with E-state index in [9.17, 15) is 14.0 Å². The molecule has 2 aromatic heterocycles. The summed E-state index contributed by atoms with van der Waals surface area (Å²) >= 11 is 0. The average Bonchev–Trinajstić information content (AvgIpc) is 2.92. The maximum atomic E-state index is 13.7. The summed E-state index contributed by atoms with van der Waals surface area (Å²) in [7, 11) is 0. The molecule has 1 aliphatic rings. The molecule has 1 aliphatic heterocycles. The number of carbonyl (C=O) groups excluding carboxylic acids is 2. The molecule has 0 N–H and O–H groups in total. The molecule has 0 aliphatic carbocycles. The van der Waals surface area contributed by atoms with Crippen LogP contribution in [0.1, 0.15) is 45.7 Å². The van der Waals surface area contributed by atoms with Gasteiger partial charge in [-0.3, -0.25) is 9.69 Å². The third kappa shape index (κ3) is 3.33. The van der Waals surface area contributed by atoms with Crippen molar-refractivity contribution in [1.82, 2.24) is 14.6 Å². The number of amides is 1. The second-order valence-electron chi connectivity index (χ2n) is 6.99. The molecule has 0 radical (unpaired) electrons. The minimum absolute atomic E-state index is 0.224. The molecule has 0 spiro atoms. The fourth-order valence-corrected chi connectivity index (χ4v) is 2.94. The number of rotatable bonds is 2. The van der Waals surface area contributed by atoms with Crippen molar-refractivity contribution >= 4 is 23.4 Å². The van der Waals surface area contributed by atoms with Gasteiger partial charge >= 0.3 is 12.1 Å². The molecule has 3 rings (SSSR count). The van der Waals surface area contributed by atoms with Gasteiger partial charge in [0.15, 0.2) is 5.65 Å². The molecule has 0 fully saturated rings. The molecule has 0 aromatic carbocycles. The normalized spacial score (nSPS) is 17.1. The van der Waals surface area contributed by atoms with E-state index < -0.39 is 29.5 Å². The van der Waals surface area contributed by atoms with E-state index in [1.54, 1.807) is 27.7 Å². The van der Waals surface area contributed by atoms with Gasteiger partial charge in [0.05, 0.1) is 24.2 Å². The summed E-state index contributed by atoms with van der Waals surface area (Å²) in [5.74, 6) is -1.84. The molecule has 1 amide bonds. The van der Waals surface area contributed by atoms with Crippen LogP contribution in [-0.2, 0) is 14.3 Å². The number of anilines is 1. The first kappa shape index (κ1) is 18.1. The van der Waals surface area contributed by atoms with Gasteiger partial charge in [-0.15, -0.1) is 5.10 Å². The number of fused-ring (bicyclic) bond motifs is 3. The first-order valence-corrected chi connectivity index (χ1v) is 8.42. The molecule has 26 heavy (non-hydrogen) atoms. The lowest BCUT2D eigenvalue weighted by Gasteiger charge is -2.34. The van der Waals surface area contributed by atoms with Gasteiger partial charge in [-0.2, -0.15) is 4.39 Å². The first-order chi connectivity index (χ1) is 12.2. The van der Waals surface area contributed by atoms with Crippen LogP contribution in [0, 0.1) is 5.95 Å². The summed E-state index contributed by atoms with van der Waals surface area (Å²) in [4.78, 5) is 30.5. The summed E-state index contributed by atoms with van der Waals surface area (Å²) in [5.41, 5.74) is 0.306. The van der Waals surface area contributed by atoms with Gasteiger partial charge in [-0.1, -0.05) is 0 Å². The van der Waals surface area contributed by atoms with Gasteiger partial charge in [0.2, 0.25) is 5.95 Å². The number of esters is 1. The Labute approximate surface area is 149 Å². The van der Waals surface area contributed by atoms with E-state index in [-0.39, 0.29) is 18.8 Å². The highest BCUT2D eigenvalue weighted by molar-refractivity contribution is 5.92. The van der Waals surface area contributed by atoms with Crippen LogP contribution in [0.5, 0.6) is 0 Å². The van der Waals surface area contributed by atoms with Gasteiger partial charge in [0.25, 0.3) is 0 Å². The number of carbonyl (C=O) groups is 2. The Morgan fingerprint density at radius 2 is 2.12 bits per heavy atom. The fourth-order valence-electron chi connectivity index (χ4n) is 2.94. The summed E-state index contributed by atoms with van der Waals surface area (Å²) in [6, 6.07) is 1.16. The van der Waals surface area contributed by atoms with Gasteiger partial charge in [-0.25, -0.2) is 14.3 Å². The molecule has 1 unspecified atom stereocenters. The molecule has 9 heteroatoms. The molecule has 0 saturated heterocycles. The third-order valence-corrected chi connectivity index (χ3v) is 3.92. The lowest BCUT2D eigenvalue weighted by atomic mass is 9.95. The van der Waals surface area contributed by atoms with E-state index in [0.717, 1.165) is 6.07 Å². The zero-order valence-corrected chi connectivity index (χ0v) is 15.2. The van der Waals surface area contributed by atoms with Crippen LogP contribution < -0.4 is 4.90 Å².